The topological polar surface area (TPSA) is 140 Å². The molecule has 0 saturated carbocycles. The highest BCUT2D eigenvalue weighted by Crippen LogP contribution is 2.28. The van der Waals surface area contributed by atoms with E-state index in [-0.39, 0.29) is 23.6 Å². The van der Waals surface area contributed by atoms with Crippen molar-refractivity contribution in [1.82, 2.24) is 14.1 Å². The number of nitrogen functional groups attached to an aromatic ring is 1. The second-order valence-electron chi connectivity index (χ2n) is 9.38. The third-order valence-corrected chi connectivity index (χ3v) is 8.06. The van der Waals surface area contributed by atoms with Crippen molar-refractivity contribution in [2.45, 2.75) is 12.5 Å². The first-order chi connectivity index (χ1) is 17.1. The average Bonchev–Trinajstić information content (AvgIpc) is 3.28. The van der Waals surface area contributed by atoms with E-state index in [9.17, 15) is 18.0 Å². The van der Waals surface area contributed by atoms with Crippen molar-refractivity contribution in [3.63, 3.8) is 0 Å². The molecule has 2 aromatic rings. The van der Waals surface area contributed by atoms with Crippen molar-refractivity contribution in [3.05, 3.63) is 65.7 Å². The zero-order chi connectivity index (χ0) is 25.9. The van der Waals surface area contributed by atoms with Gasteiger partial charge in [0.1, 0.15) is 11.9 Å². The summed E-state index contributed by atoms with van der Waals surface area (Å²) in [5.74, 6) is -0.491. The van der Waals surface area contributed by atoms with E-state index in [1.807, 2.05) is 18.2 Å². The molecule has 2 aliphatic rings. The molecule has 0 aromatic heterocycles. The Balaban J connectivity index is 1.48. The van der Waals surface area contributed by atoms with E-state index in [0.29, 0.717) is 62.5 Å². The molecule has 4 rings (SSSR count). The van der Waals surface area contributed by atoms with E-state index >= 15 is 0 Å². The van der Waals surface area contributed by atoms with Gasteiger partial charge in [-0.05, 0) is 36.6 Å². The molecule has 0 radical (unpaired) electrons. The number of carbonyl (C=O) groups excluding carboxylic acids is 2. The number of hydrogen-bond donors (Lipinski definition) is 3. The Bertz CT molecular complexity index is 1210. The molecular weight excluding hydrogens is 480 g/mol. The molecule has 2 fully saturated rings. The lowest BCUT2D eigenvalue weighted by Gasteiger charge is -2.34. The molecule has 2 aliphatic heterocycles. The van der Waals surface area contributed by atoms with Gasteiger partial charge in [-0.2, -0.15) is 4.31 Å². The number of sulfonamides is 1. The number of likely N-dealkylation sites (tertiary alicyclic amines) is 1. The number of piperazine rings is 1. The zero-order valence-electron chi connectivity index (χ0n) is 20.3. The molecule has 4 N–H and O–H groups in total. The summed E-state index contributed by atoms with van der Waals surface area (Å²) in [4.78, 5) is 30.5. The molecule has 2 amide bonds. The minimum atomic E-state index is -3.21. The highest BCUT2D eigenvalue weighted by molar-refractivity contribution is 7.88. The normalized spacial score (nSPS) is 21.3. The predicted molar refractivity (Wildman–Crippen MR) is 138 cm³/mol. The first-order valence-corrected chi connectivity index (χ1v) is 13.8. The van der Waals surface area contributed by atoms with Gasteiger partial charge in [-0.15, -0.1) is 0 Å². The zero-order valence-corrected chi connectivity index (χ0v) is 21.1. The summed E-state index contributed by atoms with van der Waals surface area (Å²) in [6, 6.07) is 15.0. The quantitative estimate of drug-likeness (QED) is 0.374. The van der Waals surface area contributed by atoms with Gasteiger partial charge in [-0.3, -0.25) is 15.0 Å². The number of hydrogen-bond acceptors (Lipinski definition) is 6. The van der Waals surface area contributed by atoms with Gasteiger partial charge in [0.05, 0.1) is 6.26 Å². The second-order valence-corrected chi connectivity index (χ2v) is 11.4. The maximum Gasteiger partial charge on any atom is 0.254 e. The lowest BCUT2D eigenvalue weighted by molar-refractivity contribution is -0.119. The van der Waals surface area contributed by atoms with Gasteiger partial charge < -0.3 is 20.9 Å². The molecular formula is C25H32N6O4S. The third-order valence-electron chi connectivity index (χ3n) is 6.75. The molecule has 0 aliphatic carbocycles. The summed E-state index contributed by atoms with van der Waals surface area (Å²) in [5, 5.41) is 10.5. The summed E-state index contributed by atoms with van der Waals surface area (Å²) >= 11 is 0. The van der Waals surface area contributed by atoms with E-state index in [0.717, 1.165) is 0 Å². The number of anilines is 1. The number of nitrogens with one attached hydrogen (secondary N) is 2. The van der Waals surface area contributed by atoms with Crippen LogP contribution in [0.4, 0.5) is 5.69 Å². The standard InChI is InChI=1S/C25H32N6O4S/c1-36(34,35)30-13-11-29(12-14-30)16-18-15-22(24(32)28-21-5-3-2-4-6-21)31(17-18)25(33)20-9-7-19(8-10-20)23(26)27/h2-10,18,22H,11-17H2,1H3,(H3,26,27)(H,28,32)/t18?,22-/m0/s1. The Morgan fingerprint density at radius 2 is 1.61 bits per heavy atom. The molecule has 1 unspecified atom stereocenters. The van der Waals surface area contributed by atoms with Crippen LogP contribution in [0.1, 0.15) is 22.3 Å². The number of nitrogens with zero attached hydrogens (tertiary/aromatic N) is 3. The van der Waals surface area contributed by atoms with E-state index in [1.54, 1.807) is 41.3 Å². The van der Waals surface area contributed by atoms with Crippen LogP contribution in [-0.2, 0) is 14.8 Å². The summed E-state index contributed by atoms with van der Waals surface area (Å²) in [5.41, 5.74) is 7.15. The lowest BCUT2D eigenvalue weighted by atomic mass is 10.0. The fourth-order valence-corrected chi connectivity index (χ4v) is 5.67. The number of carbonyl (C=O) groups is 2. The van der Waals surface area contributed by atoms with Crippen LogP contribution >= 0.6 is 0 Å². The van der Waals surface area contributed by atoms with Gasteiger partial charge in [-0.25, -0.2) is 8.42 Å². The van der Waals surface area contributed by atoms with Crippen LogP contribution in [0, 0.1) is 11.3 Å². The molecule has 0 spiro atoms. The van der Waals surface area contributed by atoms with E-state index in [4.69, 9.17) is 11.1 Å². The fourth-order valence-electron chi connectivity index (χ4n) is 4.84. The SMILES string of the molecule is CS(=O)(=O)N1CCN(CC2C[C@@H](C(=O)Nc3ccccc3)N(C(=O)c3ccc(C(=N)N)cc3)C2)CC1. The summed E-state index contributed by atoms with van der Waals surface area (Å²) in [6.07, 6.45) is 1.74. The molecule has 2 aromatic carbocycles. The first-order valence-electron chi connectivity index (χ1n) is 11.9. The minimum Gasteiger partial charge on any atom is -0.384 e. The maximum atomic E-state index is 13.5. The maximum absolute atomic E-state index is 13.5. The Kier molecular flexibility index (Phi) is 7.72. The number of rotatable bonds is 7. The number of para-hydroxylation sites is 1. The fraction of sp³-hybridized carbons (Fsp3) is 0.400. The summed E-state index contributed by atoms with van der Waals surface area (Å²) in [7, 11) is -3.21. The molecule has 2 atom stereocenters. The Hall–Kier alpha value is -3.28. The smallest absolute Gasteiger partial charge is 0.254 e. The molecule has 10 nitrogen and oxygen atoms in total. The van der Waals surface area contributed by atoms with Gasteiger partial charge in [0.25, 0.3) is 5.91 Å². The largest absolute Gasteiger partial charge is 0.384 e. The minimum absolute atomic E-state index is 0.0711. The monoisotopic (exact) mass is 512 g/mol. The Labute approximate surface area is 211 Å². The van der Waals surface area contributed by atoms with Crippen LogP contribution in [-0.4, -0.2) is 91.7 Å². The van der Waals surface area contributed by atoms with E-state index in [1.165, 1.54) is 10.6 Å². The Morgan fingerprint density at radius 3 is 2.19 bits per heavy atom. The van der Waals surface area contributed by atoms with Gasteiger partial charge in [0.2, 0.25) is 15.9 Å². The molecule has 2 saturated heterocycles. The lowest BCUT2D eigenvalue weighted by Crippen LogP contribution is -2.49. The average molecular weight is 513 g/mol. The first kappa shape index (κ1) is 25.8. The summed E-state index contributed by atoms with van der Waals surface area (Å²) in [6.45, 7) is 3.21. The third kappa shape index (κ3) is 6.10. The van der Waals surface area contributed by atoms with Crippen molar-refractivity contribution >= 4 is 33.4 Å². The van der Waals surface area contributed by atoms with Gasteiger partial charge >= 0.3 is 0 Å². The molecule has 2 heterocycles. The molecule has 11 heteroatoms. The van der Waals surface area contributed by atoms with Crippen LogP contribution < -0.4 is 11.1 Å². The van der Waals surface area contributed by atoms with Crippen molar-refractivity contribution < 1.29 is 18.0 Å². The van der Waals surface area contributed by atoms with E-state index in [2.05, 4.69) is 10.2 Å². The van der Waals surface area contributed by atoms with Crippen LogP contribution in [0.25, 0.3) is 0 Å². The van der Waals surface area contributed by atoms with Crippen LogP contribution in [0.15, 0.2) is 54.6 Å². The number of benzene rings is 2. The van der Waals surface area contributed by atoms with Crippen molar-refractivity contribution in [1.29, 1.82) is 5.41 Å². The predicted octanol–water partition coefficient (Wildman–Crippen LogP) is 1.02. The van der Waals surface area contributed by atoms with Crippen LogP contribution in [0.5, 0.6) is 0 Å². The molecule has 192 valence electrons. The van der Waals surface area contributed by atoms with Gasteiger partial charge in [0, 0.05) is 56.1 Å². The Morgan fingerprint density at radius 1 is 1.00 bits per heavy atom. The molecule has 0 bridgehead atoms. The summed E-state index contributed by atoms with van der Waals surface area (Å²) < 4.78 is 25.1. The second kappa shape index (κ2) is 10.8. The van der Waals surface area contributed by atoms with Crippen molar-refractivity contribution in [3.8, 4) is 0 Å². The number of nitrogens with two attached hydrogens (primary N) is 1. The molecule has 36 heavy (non-hydrogen) atoms. The van der Waals surface area contributed by atoms with E-state index < -0.39 is 16.1 Å². The van der Waals surface area contributed by atoms with Gasteiger partial charge in [0.15, 0.2) is 0 Å². The van der Waals surface area contributed by atoms with Crippen molar-refractivity contribution in [2.75, 3.05) is 50.8 Å². The number of amidine groups is 1. The highest BCUT2D eigenvalue weighted by Gasteiger charge is 2.40. The van der Waals surface area contributed by atoms with Gasteiger partial charge in [-0.1, -0.05) is 30.3 Å². The van der Waals surface area contributed by atoms with Crippen LogP contribution in [0.2, 0.25) is 0 Å². The van der Waals surface area contributed by atoms with Crippen LogP contribution in [0.3, 0.4) is 0 Å². The highest BCUT2D eigenvalue weighted by atomic mass is 32.2. The van der Waals surface area contributed by atoms with Crippen molar-refractivity contribution in [2.24, 2.45) is 11.7 Å². The number of amides is 2.